The average molecular weight is 319 g/mol. The molecule has 7 heteroatoms. The summed E-state index contributed by atoms with van der Waals surface area (Å²) >= 11 is 0. The first-order valence-corrected chi connectivity index (χ1v) is 8.33. The van der Waals surface area contributed by atoms with E-state index in [-0.39, 0.29) is 11.6 Å². The molecule has 1 heterocycles. The highest BCUT2D eigenvalue weighted by atomic mass is 32.2. The molecule has 1 aromatic carbocycles. The Kier molecular flexibility index (Phi) is 4.95. The van der Waals surface area contributed by atoms with Crippen LogP contribution in [0.1, 0.15) is 25.3 Å². The Hall–Kier alpha value is -1.05. The van der Waals surface area contributed by atoms with Crippen LogP contribution < -0.4 is 4.72 Å². The SMILES string of the molecule is Cc1cc(F)c(S(=O)(=O)N[C@H](C)C[C@H]2CCOC2)cc1F. The normalized spacial score (nSPS) is 20.7. The summed E-state index contributed by atoms with van der Waals surface area (Å²) in [6.07, 6.45) is 1.49. The number of benzene rings is 1. The summed E-state index contributed by atoms with van der Waals surface area (Å²) in [5.41, 5.74) is 0.0719. The molecule has 0 amide bonds. The average Bonchev–Trinajstić information content (AvgIpc) is 2.85. The Bertz CT molecular complexity index is 613. The molecule has 0 bridgehead atoms. The van der Waals surface area contributed by atoms with Crippen LogP contribution in [0.5, 0.6) is 0 Å². The molecule has 1 fully saturated rings. The fraction of sp³-hybridized carbons (Fsp3) is 0.571. The van der Waals surface area contributed by atoms with Crippen LogP contribution in [0.25, 0.3) is 0 Å². The maximum atomic E-state index is 13.8. The molecule has 1 N–H and O–H groups in total. The van der Waals surface area contributed by atoms with Crippen molar-refractivity contribution < 1.29 is 21.9 Å². The highest BCUT2D eigenvalue weighted by molar-refractivity contribution is 7.89. The third-order valence-corrected chi connectivity index (χ3v) is 5.17. The van der Waals surface area contributed by atoms with Crippen LogP contribution in [0.15, 0.2) is 17.0 Å². The molecule has 0 saturated carbocycles. The molecule has 2 rings (SSSR count). The van der Waals surface area contributed by atoms with Crippen LogP contribution in [0.2, 0.25) is 0 Å². The van der Waals surface area contributed by atoms with Crippen LogP contribution in [-0.4, -0.2) is 27.7 Å². The van der Waals surface area contributed by atoms with Gasteiger partial charge in [-0.05, 0) is 50.3 Å². The van der Waals surface area contributed by atoms with E-state index in [0.717, 1.165) is 18.6 Å². The van der Waals surface area contributed by atoms with Gasteiger partial charge in [0.25, 0.3) is 0 Å². The Morgan fingerprint density at radius 2 is 2.10 bits per heavy atom. The van der Waals surface area contributed by atoms with Crippen LogP contribution in [-0.2, 0) is 14.8 Å². The quantitative estimate of drug-likeness (QED) is 0.906. The van der Waals surface area contributed by atoms with Crippen molar-refractivity contribution >= 4 is 10.0 Å². The van der Waals surface area contributed by atoms with Crippen LogP contribution >= 0.6 is 0 Å². The van der Waals surface area contributed by atoms with E-state index in [1.54, 1.807) is 6.92 Å². The minimum absolute atomic E-state index is 0.0719. The predicted molar refractivity (Wildman–Crippen MR) is 74.4 cm³/mol. The summed E-state index contributed by atoms with van der Waals surface area (Å²) in [7, 11) is -4.08. The summed E-state index contributed by atoms with van der Waals surface area (Å²) < 4.78 is 59.2. The van der Waals surface area contributed by atoms with Gasteiger partial charge in [-0.25, -0.2) is 21.9 Å². The monoisotopic (exact) mass is 319 g/mol. The zero-order valence-electron chi connectivity index (χ0n) is 12.0. The van der Waals surface area contributed by atoms with Crippen molar-refractivity contribution in [3.63, 3.8) is 0 Å². The lowest BCUT2D eigenvalue weighted by atomic mass is 10.0. The van der Waals surface area contributed by atoms with Crippen molar-refractivity contribution in [1.29, 1.82) is 0 Å². The highest BCUT2D eigenvalue weighted by Crippen LogP contribution is 2.21. The van der Waals surface area contributed by atoms with Gasteiger partial charge >= 0.3 is 0 Å². The largest absolute Gasteiger partial charge is 0.381 e. The van der Waals surface area contributed by atoms with E-state index in [4.69, 9.17) is 4.74 Å². The summed E-state index contributed by atoms with van der Waals surface area (Å²) in [6, 6.07) is 1.24. The van der Waals surface area contributed by atoms with E-state index in [0.29, 0.717) is 25.6 Å². The number of hydrogen-bond donors (Lipinski definition) is 1. The molecule has 21 heavy (non-hydrogen) atoms. The first kappa shape index (κ1) is 16.3. The topological polar surface area (TPSA) is 55.4 Å². The molecule has 2 atom stereocenters. The van der Waals surface area contributed by atoms with Gasteiger partial charge in [0.15, 0.2) is 0 Å². The summed E-state index contributed by atoms with van der Waals surface area (Å²) in [6.45, 7) is 4.38. The second kappa shape index (κ2) is 6.37. The minimum atomic E-state index is -4.08. The fourth-order valence-corrected chi connectivity index (χ4v) is 3.81. The molecule has 4 nitrogen and oxygen atoms in total. The lowest BCUT2D eigenvalue weighted by molar-refractivity contribution is 0.182. The summed E-state index contributed by atoms with van der Waals surface area (Å²) in [4.78, 5) is -0.653. The van der Waals surface area contributed by atoms with Crippen molar-refractivity contribution in [2.24, 2.45) is 5.92 Å². The maximum Gasteiger partial charge on any atom is 0.243 e. The molecule has 0 unspecified atom stereocenters. The van der Waals surface area contributed by atoms with Crippen molar-refractivity contribution in [3.8, 4) is 0 Å². The van der Waals surface area contributed by atoms with Crippen LogP contribution in [0.4, 0.5) is 8.78 Å². The molecule has 1 saturated heterocycles. The van der Waals surface area contributed by atoms with Gasteiger partial charge in [0.2, 0.25) is 10.0 Å². The fourth-order valence-electron chi connectivity index (χ4n) is 2.48. The number of aryl methyl sites for hydroxylation is 1. The lowest BCUT2D eigenvalue weighted by Gasteiger charge is -2.17. The van der Waals surface area contributed by atoms with E-state index in [2.05, 4.69) is 4.72 Å². The van der Waals surface area contributed by atoms with Crippen molar-refractivity contribution in [3.05, 3.63) is 29.3 Å². The number of rotatable bonds is 5. The third kappa shape index (κ3) is 3.99. The Labute approximate surface area is 123 Å². The zero-order valence-corrected chi connectivity index (χ0v) is 12.8. The van der Waals surface area contributed by atoms with Crippen molar-refractivity contribution in [2.75, 3.05) is 13.2 Å². The maximum absolute atomic E-state index is 13.8. The molecular weight excluding hydrogens is 300 g/mol. The van der Waals surface area contributed by atoms with Gasteiger partial charge in [-0.2, -0.15) is 0 Å². The third-order valence-electron chi connectivity index (χ3n) is 3.57. The smallest absolute Gasteiger partial charge is 0.243 e. The van der Waals surface area contributed by atoms with Crippen LogP contribution in [0, 0.1) is 24.5 Å². The van der Waals surface area contributed by atoms with E-state index >= 15 is 0 Å². The standard InChI is InChI=1S/C14H19F2NO3S/c1-9-5-13(16)14(7-12(9)15)21(18,19)17-10(2)6-11-3-4-20-8-11/h5,7,10-11,17H,3-4,6,8H2,1-2H3/t10-,11-/m1/s1. The molecule has 0 spiro atoms. The summed E-state index contributed by atoms with van der Waals surface area (Å²) in [5.74, 6) is -1.39. The second-order valence-corrected chi connectivity index (χ2v) is 7.20. The minimum Gasteiger partial charge on any atom is -0.381 e. The first-order valence-electron chi connectivity index (χ1n) is 6.85. The van der Waals surface area contributed by atoms with E-state index in [1.165, 1.54) is 6.92 Å². The lowest BCUT2D eigenvalue weighted by Crippen LogP contribution is -2.34. The number of hydrogen-bond acceptors (Lipinski definition) is 3. The number of sulfonamides is 1. The highest BCUT2D eigenvalue weighted by Gasteiger charge is 2.25. The Morgan fingerprint density at radius 3 is 2.71 bits per heavy atom. The van der Waals surface area contributed by atoms with E-state index in [1.807, 2.05) is 0 Å². The predicted octanol–water partition coefficient (Wildman–Crippen LogP) is 2.37. The molecule has 0 radical (unpaired) electrons. The van der Waals surface area contributed by atoms with Crippen molar-refractivity contribution in [2.45, 2.75) is 37.6 Å². The van der Waals surface area contributed by atoms with Crippen molar-refractivity contribution in [1.82, 2.24) is 4.72 Å². The van der Waals surface area contributed by atoms with Gasteiger partial charge in [-0.3, -0.25) is 0 Å². The second-order valence-electron chi connectivity index (χ2n) is 5.52. The molecule has 1 aliphatic rings. The van der Waals surface area contributed by atoms with Gasteiger partial charge in [0.05, 0.1) is 0 Å². The van der Waals surface area contributed by atoms with Gasteiger partial charge in [-0.1, -0.05) is 0 Å². The summed E-state index contributed by atoms with van der Waals surface area (Å²) in [5, 5.41) is 0. The molecule has 1 aromatic rings. The molecule has 0 aromatic heterocycles. The van der Waals surface area contributed by atoms with Gasteiger partial charge in [0, 0.05) is 19.3 Å². The van der Waals surface area contributed by atoms with Gasteiger partial charge in [-0.15, -0.1) is 0 Å². The Balaban J connectivity index is 2.12. The van der Waals surface area contributed by atoms with Gasteiger partial charge in [0.1, 0.15) is 16.5 Å². The van der Waals surface area contributed by atoms with Gasteiger partial charge < -0.3 is 4.74 Å². The number of nitrogens with one attached hydrogen (secondary N) is 1. The Morgan fingerprint density at radius 1 is 1.38 bits per heavy atom. The van der Waals surface area contributed by atoms with Crippen LogP contribution in [0.3, 0.4) is 0 Å². The molecule has 0 aliphatic carbocycles. The zero-order chi connectivity index (χ0) is 15.6. The van der Waals surface area contributed by atoms with E-state index < -0.39 is 26.6 Å². The molecular formula is C14H19F2NO3S. The van der Waals surface area contributed by atoms with E-state index in [9.17, 15) is 17.2 Å². The number of ether oxygens (including phenoxy) is 1. The molecule has 1 aliphatic heterocycles. The molecule has 118 valence electrons. The first-order chi connectivity index (χ1) is 9.79. The number of halogens is 2.